The molecule has 2 atom stereocenters. The van der Waals surface area contributed by atoms with Gasteiger partial charge in [0.15, 0.2) is 0 Å². The molecule has 1 aromatic rings. The third kappa shape index (κ3) is 6.86. The van der Waals surface area contributed by atoms with E-state index in [9.17, 15) is 4.79 Å². The van der Waals surface area contributed by atoms with Crippen molar-refractivity contribution in [1.82, 2.24) is 14.8 Å². The number of amides is 1. The van der Waals surface area contributed by atoms with Gasteiger partial charge in [0, 0.05) is 31.4 Å². The highest BCUT2D eigenvalue weighted by Gasteiger charge is 2.31. The van der Waals surface area contributed by atoms with Crippen LogP contribution in [-0.4, -0.2) is 65.2 Å². The highest BCUT2D eigenvalue weighted by molar-refractivity contribution is 5.68. The largest absolute Gasteiger partial charge is 0.444 e. The summed E-state index contributed by atoms with van der Waals surface area (Å²) in [5.41, 5.74) is 0.933. The van der Waals surface area contributed by atoms with Crippen molar-refractivity contribution in [3.8, 4) is 0 Å². The molecule has 1 N–H and O–H groups in total. The standard InChI is InChI=1S/C24H40N4O2/c1-24(2,3)30-23(29)28-17-14-21(18-28)27(4)16-8-6-5-7-11-20-13-12-19-10-9-15-25-22(19)26-20/h9-10,15,20-21H,5-8,11-14,16-18H2,1-4H3,(H,25,26)/t20-,21-/m1/s1. The molecule has 3 rings (SSSR count). The number of nitrogens with zero attached hydrogens (tertiary/aromatic N) is 3. The van der Waals surface area contributed by atoms with Gasteiger partial charge in [-0.1, -0.05) is 25.3 Å². The van der Waals surface area contributed by atoms with Crippen molar-refractivity contribution in [2.75, 3.05) is 32.0 Å². The molecule has 0 bridgehead atoms. The molecule has 3 heterocycles. The van der Waals surface area contributed by atoms with Crippen LogP contribution in [0.15, 0.2) is 18.3 Å². The van der Waals surface area contributed by atoms with Gasteiger partial charge in [0.25, 0.3) is 0 Å². The first-order valence-corrected chi connectivity index (χ1v) is 11.7. The lowest BCUT2D eigenvalue weighted by atomic mass is 9.96. The number of ether oxygens (including phenoxy) is 1. The zero-order chi connectivity index (χ0) is 21.6. The number of carbonyl (C=O) groups excluding carboxylic acids is 1. The maximum atomic E-state index is 12.2. The van der Waals surface area contributed by atoms with Gasteiger partial charge >= 0.3 is 6.09 Å². The molecular weight excluding hydrogens is 376 g/mol. The van der Waals surface area contributed by atoms with E-state index in [-0.39, 0.29) is 6.09 Å². The average Bonchev–Trinajstić information content (AvgIpc) is 3.20. The minimum Gasteiger partial charge on any atom is -0.444 e. The minimum atomic E-state index is -0.423. The Morgan fingerprint density at radius 1 is 1.27 bits per heavy atom. The third-order valence-electron chi connectivity index (χ3n) is 6.25. The first-order chi connectivity index (χ1) is 14.3. The van der Waals surface area contributed by atoms with E-state index >= 15 is 0 Å². The fourth-order valence-corrected chi connectivity index (χ4v) is 4.46. The van der Waals surface area contributed by atoms with E-state index in [2.05, 4.69) is 28.3 Å². The van der Waals surface area contributed by atoms with Gasteiger partial charge in [-0.3, -0.25) is 0 Å². The van der Waals surface area contributed by atoms with Gasteiger partial charge in [-0.25, -0.2) is 9.78 Å². The number of carbonyl (C=O) groups is 1. The van der Waals surface area contributed by atoms with E-state index in [1.807, 2.05) is 37.9 Å². The molecule has 0 saturated carbocycles. The minimum absolute atomic E-state index is 0.174. The highest BCUT2D eigenvalue weighted by Crippen LogP contribution is 2.24. The van der Waals surface area contributed by atoms with Gasteiger partial charge in [-0.15, -0.1) is 0 Å². The van der Waals surface area contributed by atoms with E-state index < -0.39 is 5.60 Å². The average molecular weight is 417 g/mol. The number of fused-ring (bicyclic) bond motifs is 1. The summed E-state index contributed by atoms with van der Waals surface area (Å²) in [7, 11) is 2.19. The van der Waals surface area contributed by atoms with Crippen molar-refractivity contribution in [1.29, 1.82) is 0 Å². The van der Waals surface area contributed by atoms with Crippen LogP contribution in [0.2, 0.25) is 0 Å². The molecule has 1 amide bonds. The van der Waals surface area contributed by atoms with Gasteiger partial charge in [-0.2, -0.15) is 0 Å². The molecule has 1 saturated heterocycles. The molecule has 6 heteroatoms. The number of nitrogens with one attached hydrogen (secondary N) is 1. The first-order valence-electron chi connectivity index (χ1n) is 11.7. The maximum absolute atomic E-state index is 12.2. The summed E-state index contributed by atoms with van der Waals surface area (Å²) in [6, 6.07) is 5.24. The van der Waals surface area contributed by atoms with Crippen LogP contribution in [0, 0.1) is 0 Å². The van der Waals surface area contributed by atoms with Crippen molar-refractivity contribution in [2.24, 2.45) is 0 Å². The van der Waals surface area contributed by atoms with Crippen LogP contribution in [0.4, 0.5) is 10.6 Å². The Hall–Kier alpha value is -1.82. The van der Waals surface area contributed by atoms with Crippen LogP contribution in [0.1, 0.15) is 71.3 Å². The number of unbranched alkanes of at least 4 members (excludes halogenated alkanes) is 3. The van der Waals surface area contributed by atoms with E-state index in [1.54, 1.807) is 0 Å². The molecule has 2 aliphatic rings. The molecule has 0 unspecified atom stereocenters. The topological polar surface area (TPSA) is 57.7 Å². The number of aromatic nitrogens is 1. The second kappa shape index (κ2) is 10.5. The molecule has 6 nitrogen and oxygen atoms in total. The molecule has 0 aliphatic carbocycles. The monoisotopic (exact) mass is 416 g/mol. The molecule has 0 radical (unpaired) electrons. The van der Waals surface area contributed by atoms with Crippen LogP contribution >= 0.6 is 0 Å². The van der Waals surface area contributed by atoms with Crippen LogP contribution < -0.4 is 5.32 Å². The molecule has 1 aromatic heterocycles. The molecule has 0 spiro atoms. The number of likely N-dealkylation sites (N-methyl/N-ethyl adjacent to an activating group) is 1. The lowest BCUT2D eigenvalue weighted by molar-refractivity contribution is 0.0282. The quantitative estimate of drug-likeness (QED) is 0.623. The lowest BCUT2D eigenvalue weighted by Gasteiger charge is -2.27. The van der Waals surface area contributed by atoms with Gasteiger partial charge < -0.3 is 19.9 Å². The molecule has 1 fully saturated rings. The Balaban J connectivity index is 1.25. The fraction of sp³-hybridized carbons (Fsp3) is 0.750. The number of hydrogen-bond acceptors (Lipinski definition) is 5. The van der Waals surface area contributed by atoms with Crippen molar-refractivity contribution in [3.05, 3.63) is 23.9 Å². The predicted octanol–water partition coefficient (Wildman–Crippen LogP) is 4.70. The maximum Gasteiger partial charge on any atom is 0.410 e. The number of rotatable bonds is 8. The van der Waals surface area contributed by atoms with Gasteiger partial charge in [-0.05, 0) is 78.1 Å². The Labute approximate surface area is 182 Å². The van der Waals surface area contributed by atoms with Gasteiger partial charge in [0.1, 0.15) is 11.4 Å². The van der Waals surface area contributed by atoms with Gasteiger partial charge in [0.2, 0.25) is 0 Å². The molecule has 2 aliphatic heterocycles. The normalized spacial score (nSPS) is 21.4. The summed E-state index contributed by atoms with van der Waals surface area (Å²) < 4.78 is 5.50. The first kappa shape index (κ1) is 22.9. The number of hydrogen-bond donors (Lipinski definition) is 1. The van der Waals surface area contributed by atoms with Crippen molar-refractivity contribution >= 4 is 11.9 Å². The number of likely N-dealkylation sites (tertiary alicyclic amines) is 1. The Morgan fingerprint density at radius 3 is 2.87 bits per heavy atom. The zero-order valence-corrected chi connectivity index (χ0v) is 19.3. The number of aryl methyl sites for hydroxylation is 1. The Kier molecular flexibility index (Phi) is 7.98. The van der Waals surface area contributed by atoms with Crippen LogP contribution in [-0.2, 0) is 11.2 Å². The van der Waals surface area contributed by atoms with Crippen LogP contribution in [0.5, 0.6) is 0 Å². The molecule has 0 aromatic carbocycles. The highest BCUT2D eigenvalue weighted by atomic mass is 16.6. The SMILES string of the molecule is CN(CCCCCC[C@@H]1CCc2cccnc2N1)[C@@H]1CCN(C(=O)OC(C)(C)C)C1. The smallest absolute Gasteiger partial charge is 0.410 e. The van der Waals surface area contributed by atoms with Crippen LogP contribution in [0.3, 0.4) is 0 Å². The van der Waals surface area contributed by atoms with E-state index in [0.717, 1.165) is 38.3 Å². The molecular formula is C24H40N4O2. The second-order valence-corrected chi connectivity index (χ2v) is 9.94. The summed E-state index contributed by atoms with van der Waals surface area (Å²) in [5.74, 6) is 1.09. The van der Waals surface area contributed by atoms with Crippen LogP contribution in [0.25, 0.3) is 0 Å². The van der Waals surface area contributed by atoms with Crippen molar-refractivity contribution in [2.45, 2.75) is 89.8 Å². The molecule has 30 heavy (non-hydrogen) atoms. The second-order valence-electron chi connectivity index (χ2n) is 9.94. The number of anilines is 1. The summed E-state index contributed by atoms with van der Waals surface area (Å²) in [6.45, 7) is 8.45. The number of pyridine rings is 1. The Bertz CT molecular complexity index is 688. The Morgan fingerprint density at radius 2 is 2.07 bits per heavy atom. The fourth-order valence-electron chi connectivity index (χ4n) is 4.46. The molecule has 168 valence electrons. The summed E-state index contributed by atoms with van der Waals surface area (Å²) in [5, 5.41) is 3.61. The van der Waals surface area contributed by atoms with Crippen molar-refractivity contribution < 1.29 is 9.53 Å². The lowest BCUT2D eigenvalue weighted by Crippen LogP contribution is -2.39. The van der Waals surface area contributed by atoms with Crippen molar-refractivity contribution in [3.63, 3.8) is 0 Å². The van der Waals surface area contributed by atoms with Gasteiger partial charge in [0.05, 0.1) is 0 Å². The van der Waals surface area contributed by atoms with E-state index in [0.29, 0.717) is 12.1 Å². The summed E-state index contributed by atoms with van der Waals surface area (Å²) in [4.78, 5) is 21.0. The third-order valence-corrected chi connectivity index (χ3v) is 6.25. The summed E-state index contributed by atoms with van der Waals surface area (Å²) >= 11 is 0. The van der Waals surface area contributed by atoms with E-state index in [1.165, 1.54) is 44.1 Å². The summed E-state index contributed by atoms with van der Waals surface area (Å²) in [6.07, 6.45) is 11.4. The zero-order valence-electron chi connectivity index (χ0n) is 19.3. The predicted molar refractivity (Wildman–Crippen MR) is 122 cm³/mol. The van der Waals surface area contributed by atoms with E-state index in [4.69, 9.17) is 4.74 Å².